The average molecular weight is 386 g/mol. The summed E-state index contributed by atoms with van der Waals surface area (Å²) in [6, 6.07) is 13.0. The Morgan fingerprint density at radius 1 is 1.04 bits per heavy atom. The number of nitrogens with zero attached hydrogens (tertiary/aromatic N) is 1. The van der Waals surface area contributed by atoms with E-state index in [1.165, 1.54) is 0 Å². The van der Waals surface area contributed by atoms with E-state index in [1.54, 1.807) is 32.4 Å². The van der Waals surface area contributed by atoms with Crippen molar-refractivity contribution in [3.05, 3.63) is 53.6 Å². The van der Waals surface area contributed by atoms with E-state index in [0.29, 0.717) is 30.2 Å². The number of carbonyl (C=O) groups is 1. The lowest BCUT2D eigenvalue weighted by atomic mass is 10.0. The van der Waals surface area contributed by atoms with Crippen LogP contribution in [0.2, 0.25) is 0 Å². The molecule has 0 aliphatic carbocycles. The number of hydrogen-bond acceptors (Lipinski definition) is 5. The Balaban J connectivity index is 2.12. The third-order valence-electron chi connectivity index (χ3n) is 4.46. The highest BCUT2D eigenvalue weighted by Gasteiger charge is 2.20. The van der Waals surface area contributed by atoms with Gasteiger partial charge in [-0.25, -0.2) is 0 Å². The average Bonchev–Trinajstić information content (AvgIpc) is 2.72. The minimum absolute atomic E-state index is 0.0193. The molecule has 1 unspecified atom stereocenters. The molecule has 152 valence electrons. The Morgan fingerprint density at radius 2 is 1.75 bits per heavy atom. The van der Waals surface area contributed by atoms with Crippen molar-refractivity contribution in [1.82, 2.24) is 10.2 Å². The molecule has 0 heterocycles. The number of para-hydroxylation sites is 1. The van der Waals surface area contributed by atoms with Crippen LogP contribution in [0.3, 0.4) is 0 Å². The summed E-state index contributed by atoms with van der Waals surface area (Å²) < 4.78 is 16.5. The summed E-state index contributed by atoms with van der Waals surface area (Å²) in [4.78, 5) is 14.7. The Bertz CT molecular complexity index is 777. The van der Waals surface area contributed by atoms with E-state index in [0.717, 1.165) is 17.7 Å². The van der Waals surface area contributed by atoms with Gasteiger partial charge in [0.25, 0.3) is 5.91 Å². The summed E-state index contributed by atoms with van der Waals surface area (Å²) in [5.41, 5.74) is 1.55. The predicted molar refractivity (Wildman–Crippen MR) is 111 cm³/mol. The van der Waals surface area contributed by atoms with Crippen LogP contribution in [0.4, 0.5) is 0 Å². The molecule has 2 rings (SSSR count). The second-order valence-electron chi connectivity index (χ2n) is 6.65. The molecule has 1 N–H and O–H groups in total. The van der Waals surface area contributed by atoms with Crippen molar-refractivity contribution in [2.24, 2.45) is 0 Å². The van der Waals surface area contributed by atoms with Crippen molar-refractivity contribution in [3.63, 3.8) is 0 Å². The number of hydrogen-bond donors (Lipinski definition) is 1. The molecule has 0 aromatic heterocycles. The molecule has 0 spiro atoms. The number of benzene rings is 2. The number of likely N-dealkylation sites (N-methyl/N-ethyl adjacent to an activating group) is 1. The smallest absolute Gasteiger partial charge is 0.251 e. The first kappa shape index (κ1) is 21.6. The fourth-order valence-corrected chi connectivity index (χ4v) is 2.94. The third kappa shape index (κ3) is 5.39. The van der Waals surface area contributed by atoms with Crippen LogP contribution < -0.4 is 19.5 Å². The first-order valence-electron chi connectivity index (χ1n) is 9.40. The summed E-state index contributed by atoms with van der Waals surface area (Å²) in [6.45, 7) is 3.09. The van der Waals surface area contributed by atoms with Crippen molar-refractivity contribution in [3.8, 4) is 17.2 Å². The predicted octanol–water partition coefficient (Wildman–Crippen LogP) is 3.53. The molecule has 28 heavy (non-hydrogen) atoms. The lowest BCUT2D eigenvalue weighted by Crippen LogP contribution is -2.34. The highest BCUT2D eigenvalue weighted by molar-refractivity contribution is 5.94. The monoisotopic (exact) mass is 386 g/mol. The van der Waals surface area contributed by atoms with Crippen molar-refractivity contribution in [2.45, 2.75) is 19.4 Å². The second-order valence-corrected chi connectivity index (χ2v) is 6.65. The topological polar surface area (TPSA) is 60.0 Å². The van der Waals surface area contributed by atoms with Gasteiger partial charge in [0.15, 0.2) is 11.5 Å². The zero-order chi connectivity index (χ0) is 20.5. The summed E-state index contributed by atoms with van der Waals surface area (Å²) in [7, 11) is 7.18. The van der Waals surface area contributed by atoms with Crippen LogP contribution in [-0.2, 0) is 0 Å². The molecule has 2 aromatic rings. The Labute approximate surface area is 167 Å². The van der Waals surface area contributed by atoms with Crippen LogP contribution in [0.25, 0.3) is 0 Å². The van der Waals surface area contributed by atoms with Gasteiger partial charge in [-0.05, 0) is 44.8 Å². The second kappa shape index (κ2) is 10.6. The molecule has 0 aliphatic rings. The number of ether oxygens (including phenoxy) is 3. The van der Waals surface area contributed by atoms with Gasteiger partial charge in [0.05, 0.1) is 26.9 Å². The van der Waals surface area contributed by atoms with Gasteiger partial charge in [-0.3, -0.25) is 4.79 Å². The van der Waals surface area contributed by atoms with E-state index in [2.05, 4.69) is 10.2 Å². The molecular formula is C22H30N2O4. The molecule has 6 nitrogen and oxygen atoms in total. The molecule has 0 saturated carbocycles. The quantitative estimate of drug-likeness (QED) is 0.677. The SMILES string of the molecule is CCCOc1ccc(C(=O)NCC(c2ccccc2OC)N(C)C)cc1OC. The van der Waals surface area contributed by atoms with E-state index in [4.69, 9.17) is 14.2 Å². The standard InChI is InChI=1S/C22H30N2O4/c1-6-13-28-20-12-11-16(14-21(20)27-5)22(25)23-15-18(24(2)3)17-9-7-8-10-19(17)26-4/h7-12,14,18H,6,13,15H2,1-5H3,(H,23,25). The molecule has 6 heteroatoms. The lowest BCUT2D eigenvalue weighted by molar-refractivity contribution is 0.0941. The highest BCUT2D eigenvalue weighted by atomic mass is 16.5. The molecule has 0 aliphatic heterocycles. The van der Waals surface area contributed by atoms with Crippen LogP contribution in [0.5, 0.6) is 17.2 Å². The fourth-order valence-electron chi connectivity index (χ4n) is 2.94. The normalized spacial score (nSPS) is 11.8. The van der Waals surface area contributed by atoms with E-state index in [-0.39, 0.29) is 11.9 Å². The maximum absolute atomic E-state index is 12.7. The third-order valence-corrected chi connectivity index (χ3v) is 4.46. The number of rotatable bonds is 10. The van der Waals surface area contributed by atoms with Crippen molar-refractivity contribution < 1.29 is 19.0 Å². The maximum atomic E-state index is 12.7. The summed E-state index contributed by atoms with van der Waals surface area (Å²) in [5, 5.41) is 3.01. The molecule has 0 radical (unpaired) electrons. The van der Waals surface area contributed by atoms with E-state index in [1.807, 2.05) is 45.3 Å². The van der Waals surface area contributed by atoms with Crippen LogP contribution in [0, 0.1) is 0 Å². The van der Waals surface area contributed by atoms with Crippen LogP contribution >= 0.6 is 0 Å². The van der Waals surface area contributed by atoms with Crippen LogP contribution in [0.15, 0.2) is 42.5 Å². The molecule has 1 amide bonds. The van der Waals surface area contributed by atoms with Gasteiger partial charge in [0, 0.05) is 17.7 Å². The van der Waals surface area contributed by atoms with Crippen LogP contribution in [0.1, 0.15) is 35.3 Å². The number of carbonyl (C=O) groups excluding carboxylic acids is 1. The molecule has 2 aromatic carbocycles. The Hall–Kier alpha value is -2.73. The van der Waals surface area contributed by atoms with Crippen molar-refractivity contribution >= 4 is 5.91 Å². The van der Waals surface area contributed by atoms with Gasteiger partial charge >= 0.3 is 0 Å². The fraction of sp³-hybridized carbons (Fsp3) is 0.409. The number of amides is 1. The minimum atomic E-state index is -0.165. The van der Waals surface area contributed by atoms with Gasteiger partial charge in [0.2, 0.25) is 0 Å². The molecule has 0 fully saturated rings. The van der Waals surface area contributed by atoms with Gasteiger partial charge in [-0.1, -0.05) is 25.1 Å². The van der Waals surface area contributed by atoms with E-state index >= 15 is 0 Å². The first-order valence-corrected chi connectivity index (χ1v) is 9.40. The molecule has 0 saturated heterocycles. The minimum Gasteiger partial charge on any atom is -0.496 e. The summed E-state index contributed by atoms with van der Waals surface area (Å²) in [6.07, 6.45) is 0.903. The molecule has 1 atom stereocenters. The summed E-state index contributed by atoms with van der Waals surface area (Å²) in [5.74, 6) is 1.83. The molecular weight excluding hydrogens is 356 g/mol. The number of nitrogens with one attached hydrogen (secondary N) is 1. The van der Waals surface area contributed by atoms with Gasteiger partial charge in [-0.15, -0.1) is 0 Å². The van der Waals surface area contributed by atoms with E-state index in [9.17, 15) is 4.79 Å². The first-order chi connectivity index (χ1) is 13.5. The Kier molecular flexibility index (Phi) is 8.14. The summed E-state index contributed by atoms with van der Waals surface area (Å²) >= 11 is 0. The van der Waals surface area contributed by atoms with Crippen LogP contribution in [-0.4, -0.2) is 52.3 Å². The lowest BCUT2D eigenvalue weighted by Gasteiger charge is -2.26. The van der Waals surface area contributed by atoms with Gasteiger partial charge in [-0.2, -0.15) is 0 Å². The van der Waals surface area contributed by atoms with Crippen molar-refractivity contribution in [2.75, 3.05) is 41.5 Å². The zero-order valence-electron chi connectivity index (χ0n) is 17.3. The van der Waals surface area contributed by atoms with Gasteiger partial charge < -0.3 is 24.4 Å². The maximum Gasteiger partial charge on any atom is 0.251 e. The Morgan fingerprint density at radius 3 is 2.39 bits per heavy atom. The molecule has 0 bridgehead atoms. The van der Waals surface area contributed by atoms with Gasteiger partial charge in [0.1, 0.15) is 5.75 Å². The number of methoxy groups -OCH3 is 2. The largest absolute Gasteiger partial charge is 0.496 e. The van der Waals surface area contributed by atoms with E-state index < -0.39 is 0 Å². The highest BCUT2D eigenvalue weighted by Crippen LogP contribution is 2.29. The van der Waals surface area contributed by atoms with Crippen molar-refractivity contribution in [1.29, 1.82) is 0 Å². The zero-order valence-corrected chi connectivity index (χ0v) is 17.3.